The van der Waals surface area contributed by atoms with Crippen molar-refractivity contribution in [3.63, 3.8) is 0 Å². The second-order valence-corrected chi connectivity index (χ2v) is 22.1. The van der Waals surface area contributed by atoms with Gasteiger partial charge < -0.3 is 13.6 Å². The van der Waals surface area contributed by atoms with E-state index in [4.69, 9.17) is 13.6 Å². The van der Waals surface area contributed by atoms with Crippen LogP contribution < -0.4 is 0 Å². The van der Waals surface area contributed by atoms with Crippen LogP contribution in [-0.2, 0) is 13.6 Å². The van der Waals surface area contributed by atoms with Crippen molar-refractivity contribution in [2.45, 2.75) is 98.8 Å². The van der Waals surface area contributed by atoms with Crippen LogP contribution >= 0.6 is 11.8 Å². The Morgan fingerprint density at radius 3 is 2.41 bits per heavy atom. The van der Waals surface area contributed by atoms with Gasteiger partial charge in [-0.1, -0.05) is 31.6 Å². The van der Waals surface area contributed by atoms with E-state index in [1.807, 2.05) is 0 Å². The van der Waals surface area contributed by atoms with Crippen molar-refractivity contribution in [3.8, 4) is 0 Å². The first-order chi connectivity index (χ1) is 15.6. The lowest BCUT2D eigenvalue weighted by atomic mass is 9.59. The number of thioether (sulfide) groups is 1. The third-order valence-electron chi connectivity index (χ3n) is 7.35. The molecule has 0 radical (unpaired) electrons. The molecule has 0 unspecified atom stereocenters. The Morgan fingerprint density at radius 2 is 1.91 bits per heavy atom. The summed E-state index contributed by atoms with van der Waals surface area (Å²) in [5.41, 5.74) is 2.55. The quantitative estimate of drug-likeness (QED) is 0.111. The highest BCUT2D eigenvalue weighted by molar-refractivity contribution is 7.98. The van der Waals surface area contributed by atoms with Crippen molar-refractivity contribution in [3.05, 3.63) is 47.5 Å². The lowest BCUT2D eigenvalue weighted by molar-refractivity contribution is -0.0450. The smallest absolute Gasteiger partial charge is 0.242 e. The van der Waals surface area contributed by atoms with Crippen LogP contribution in [0.4, 0.5) is 0 Å². The van der Waals surface area contributed by atoms with Gasteiger partial charge in [0.25, 0.3) is 0 Å². The van der Waals surface area contributed by atoms with E-state index in [1.165, 1.54) is 12.0 Å². The summed E-state index contributed by atoms with van der Waals surface area (Å²) >= 11 is 1.75. The first-order valence-electron chi connectivity index (χ1n) is 12.8. The van der Waals surface area contributed by atoms with Crippen LogP contribution in [0.1, 0.15) is 53.4 Å². The van der Waals surface area contributed by atoms with E-state index in [-0.39, 0.29) is 16.9 Å². The Balaban J connectivity index is 2.56. The molecule has 2 aliphatic carbocycles. The molecule has 0 fully saturated rings. The number of allylic oxidation sites excluding steroid dienone is 5. The van der Waals surface area contributed by atoms with Crippen LogP contribution in [0, 0.1) is 16.7 Å². The van der Waals surface area contributed by atoms with E-state index >= 15 is 0 Å². The highest BCUT2D eigenvalue weighted by atomic mass is 32.2. The number of ether oxygens (including phenoxy) is 1. The SMILES string of the molecule is C=C[C@](C)(C[C@@H](OCSC)[C@@]1(C)C2=C(CC=C2O[Si](C)(C)C)CC[C@H]1C)/C(=C/C)O[Si](C)(C)C. The molecule has 0 heterocycles. The molecule has 0 bridgehead atoms. The molecule has 0 saturated carbocycles. The fraction of sp³-hybridized carbons (Fsp3) is 0.714. The molecule has 0 amide bonds. The zero-order valence-electron chi connectivity index (χ0n) is 23.8. The minimum absolute atomic E-state index is 0.0233. The normalized spacial score (nSPS) is 26.5. The summed E-state index contributed by atoms with van der Waals surface area (Å²) in [5, 5.41) is 0. The van der Waals surface area contributed by atoms with Gasteiger partial charge in [-0.25, -0.2) is 0 Å². The molecule has 4 atom stereocenters. The van der Waals surface area contributed by atoms with Crippen molar-refractivity contribution in [1.29, 1.82) is 0 Å². The van der Waals surface area contributed by atoms with Crippen molar-refractivity contribution in [2.75, 3.05) is 12.2 Å². The zero-order chi connectivity index (χ0) is 25.9. The van der Waals surface area contributed by atoms with E-state index in [1.54, 1.807) is 17.3 Å². The van der Waals surface area contributed by atoms with Crippen molar-refractivity contribution in [2.24, 2.45) is 16.7 Å². The van der Waals surface area contributed by atoms with Gasteiger partial charge in [0.15, 0.2) is 0 Å². The van der Waals surface area contributed by atoms with Crippen molar-refractivity contribution in [1.82, 2.24) is 0 Å². The predicted molar refractivity (Wildman–Crippen MR) is 155 cm³/mol. The highest BCUT2D eigenvalue weighted by Gasteiger charge is 2.51. The van der Waals surface area contributed by atoms with Gasteiger partial charge in [-0.3, -0.25) is 0 Å². The molecule has 0 spiro atoms. The lowest BCUT2D eigenvalue weighted by Gasteiger charge is -2.50. The number of hydrogen-bond donors (Lipinski definition) is 0. The molecule has 0 aliphatic heterocycles. The largest absolute Gasteiger partial charge is 0.547 e. The van der Waals surface area contributed by atoms with Gasteiger partial charge in [-0.05, 0) is 97.1 Å². The fourth-order valence-electron chi connectivity index (χ4n) is 5.40. The van der Waals surface area contributed by atoms with Crippen LogP contribution in [0.2, 0.25) is 39.3 Å². The van der Waals surface area contributed by atoms with E-state index in [0.29, 0.717) is 11.9 Å². The van der Waals surface area contributed by atoms with Crippen LogP contribution in [0.5, 0.6) is 0 Å². The molecule has 194 valence electrons. The number of rotatable bonds is 12. The Labute approximate surface area is 216 Å². The van der Waals surface area contributed by atoms with E-state index in [2.05, 4.69) is 98.0 Å². The summed E-state index contributed by atoms with van der Waals surface area (Å²) in [6.07, 6.45) is 12.9. The third kappa shape index (κ3) is 6.74. The fourth-order valence-corrected chi connectivity index (χ4v) is 7.56. The van der Waals surface area contributed by atoms with Crippen molar-refractivity contribution < 1.29 is 13.6 Å². The molecule has 3 nitrogen and oxygen atoms in total. The van der Waals surface area contributed by atoms with Crippen LogP contribution in [-0.4, -0.2) is 34.9 Å². The van der Waals surface area contributed by atoms with Gasteiger partial charge in [0, 0.05) is 16.4 Å². The van der Waals surface area contributed by atoms with Gasteiger partial charge in [-0.2, -0.15) is 0 Å². The summed E-state index contributed by atoms with van der Waals surface area (Å²) < 4.78 is 20.0. The second kappa shape index (κ2) is 11.1. The Hall–Kier alpha value is -0.696. The monoisotopic (exact) mass is 522 g/mol. The molecule has 0 aromatic carbocycles. The predicted octanol–water partition coefficient (Wildman–Crippen LogP) is 8.90. The molecule has 2 rings (SSSR count). The second-order valence-electron chi connectivity index (χ2n) is 12.4. The summed E-state index contributed by atoms with van der Waals surface area (Å²) in [6, 6.07) is 0. The summed E-state index contributed by atoms with van der Waals surface area (Å²) in [4.78, 5) is 0. The van der Waals surface area contributed by atoms with Gasteiger partial charge in [0.2, 0.25) is 16.6 Å². The van der Waals surface area contributed by atoms with Gasteiger partial charge in [-0.15, -0.1) is 18.3 Å². The standard InChI is InChI=1S/C28H50O3SSi2/c1-13-24(31-34(10,11)12)27(4,14-2)19-25(29-20-32-6)28(5)21(3)15-16-22-17-18-23(26(22)28)30-33(7,8)9/h13-14,18,21,25H,2,15-17,19-20H2,1,3-12H3/b24-13-/t21-,25-,27-,28+/m1/s1. The van der Waals surface area contributed by atoms with Crippen molar-refractivity contribution >= 4 is 28.4 Å². The highest BCUT2D eigenvalue weighted by Crippen LogP contribution is 2.56. The third-order valence-corrected chi connectivity index (χ3v) is 9.38. The van der Waals surface area contributed by atoms with Crippen LogP contribution in [0.3, 0.4) is 0 Å². The summed E-state index contributed by atoms with van der Waals surface area (Å²) in [6.45, 7) is 27.0. The van der Waals surface area contributed by atoms with Gasteiger partial charge in [0.05, 0.1) is 17.8 Å². The van der Waals surface area contributed by atoms with E-state index < -0.39 is 16.6 Å². The molecular weight excluding hydrogens is 473 g/mol. The molecule has 34 heavy (non-hydrogen) atoms. The maximum absolute atomic E-state index is 6.75. The Morgan fingerprint density at radius 1 is 1.26 bits per heavy atom. The average molecular weight is 523 g/mol. The van der Waals surface area contributed by atoms with E-state index in [9.17, 15) is 0 Å². The minimum atomic E-state index is -1.77. The summed E-state index contributed by atoms with van der Waals surface area (Å²) in [5.74, 6) is 3.33. The molecule has 6 heteroatoms. The lowest BCUT2D eigenvalue weighted by Crippen LogP contribution is -2.47. The average Bonchev–Trinajstić information content (AvgIpc) is 3.13. The summed E-state index contributed by atoms with van der Waals surface area (Å²) in [7, 11) is -3.51. The first kappa shape index (κ1) is 29.5. The van der Waals surface area contributed by atoms with Gasteiger partial charge in [0.1, 0.15) is 5.76 Å². The molecule has 0 N–H and O–H groups in total. The molecule has 0 aromatic rings. The molecule has 0 saturated heterocycles. The van der Waals surface area contributed by atoms with E-state index in [0.717, 1.165) is 30.8 Å². The maximum atomic E-state index is 6.75. The molecular formula is C28H50O3SSi2. The van der Waals surface area contributed by atoms with Crippen LogP contribution in [0.25, 0.3) is 0 Å². The maximum Gasteiger partial charge on any atom is 0.242 e. The molecule has 0 aromatic heterocycles. The zero-order valence-corrected chi connectivity index (χ0v) is 26.6. The molecule has 2 aliphatic rings. The Kier molecular flexibility index (Phi) is 9.68. The van der Waals surface area contributed by atoms with Crippen LogP contribution in [0.15, 0.2) is 47.5 Å². The number of hydrogen-bond acceptors (Lipinski definition) is 4. The van der Waals surface area contributed by atoms with Gasteiger partial charge >= 0.3 is 0 Å². The first-order valence-corrected chi connectivity index (χ1v) is 21.0. The Bertz CT molecular complexity index is 834. The topological polar surface area (TPSA) is 27.7 Å². The minimum Gasteiger partial charge on any atom is -0.547 e.